The molecule has 0 amide bonds. The highest BCUT2D eigenvalue weighted by Crippen LogP contribution is 2.17. The van der Waals surface area contributed by atoms with Crippen molar-refractivity contribution in [3.05, 3.63) is 11.9 Å². The van der Waals surface area contributed by atoms with Crippen molar-refractivity contribution in [3.8, 4) is 0 Å². The number of likely N-dealkylation sites (tertiary alicyclic amines) is 1. The molecular weight excluding hydrogens is 242 g/mol. The molecule has 0 unspecified atom stereocenters. The Balaban J connectivity index is 2.39. The van der Waals surface area contributed by atoms with Gasteiger partial charge in [0, 0.05) is 19.5 Å². The molecule has 5 nitrogen and oxygen atoms in total. The number of rotatable bonds is 6. The summed E-state index contributed by atoms with van der Waals surface area (Å²) < 4.78 is 5.58. The SMILES string of the molecule is C=N/C(C=O)=C\N=C(C)OC[C@H](C)N1CC[C@@H](C)C1. The van der Waals surface area contributed by atoms with Crippen molar-refractivity contribution in [2.75, 3.05) is 19.7 Å². The van der Waals surface area contributed by atoms with Crippen LogP contribution in [0.4, 0.5) is 0 Å². The van der Waals surface area contributed by atoms with Crippen LogP contribution in [-0.4, -0.2) is 49.5 Å². The van der Waals surface area contributed by atoms with Crippen LogP contribution >= 0.6 is 0 Å². The summed E-state index contributed by atoms with van der Waals surface area (Å²) >= 11 is 0. The van der Waals surface area contributed by atoms with E-state index in [0.29, 0.717) is 24.8 Å². The quantitative estimate of drug-likeness (QED) is 0.319. The average Bonchev–Trinajstić information content (AvgIpc) is 2.84. The third-order valence-corrected chi connectivity index (χ3v) is 3.29. The van der Waals surface area contributed by atoms with Crippen LogP contribution < -0.4 is 0 Å². The minimum Gasteiger partial charge on any atom is -0.479 e. The van der Waals surface area contributed by atoms with Gasteiger partial charge < -0.3 is 4.74 Å². The second-order valence-corrected chi connectivity index (χ2v) is 5.03. The smallest absolute Gasteiger partial charge is 0.184 e. The van der Waals surface area contributed by atoms with E-state index in [1.54, 1.807) is 6.92 Å². The number of nitrogens with zero attached hydrogens (tertiary/aromatic N) is 3. The number of hydrogen-bond donors (Lipinski definition) is 0. The molecule has 1 aliphatic heterocycles. The predicted molar refractivity (Wildman–Crippen MR) is 77.6 cm³/mol. The molecule has 0 N–H and O–H groups in total. The monoisotopic (exact) mass is 265 g/mol. The van der Waals surface area contributed by atoms with E-state index in [0.717, 1.165) is 19.0 Å². The second-order valence-electron chi connectivity index (χ2n) is 5.03. The van der Waals surface area contributed by atoms with Crippen LogP contribution in [0, 0.1) is 5.92 Å². The lowest BCUT2D eigenvalue weighted by atomic mass is 10.2. The lowest BCUT2D eigenvalue weighted by molar-refractivity contribution is -0.104. The van der Waals surface area contributed by atoms with Gasteiger partial charge in [0.25, 0.3) is 0 Å². The number of ether oxygens (including phenoxy) is 1. The Bertz CT molecular complexity index is 367. The molecule has 0 saturated carbocycles. The molecule has 0 aromatic heterocycles. The molecule has 1 heterocycles. The zero-order valence-corrected chi connectivity index (χ0v) is 12.0. The van der Waals surface area contributed by atoms with Crippen LogP contribution in [0.2, 0.25) is 0 Å². The lowest BCUT2D eigenvalue weighted by Gasteiger charge is -2.23. The highest BCUT2D eigenvalue weighted by molar-refractivity contribution is 5.77. The van der Waals surface area contributed by atoms with Gasteiger partial charge in [0.2, 0.25) is 0 Å². The molecule has 0 bridgehead atoms. The van der Waals surface area contributed by atoms with Crippen molar-refractivity contribution in [1.82, 2.24) is 4.90 Å². The predicted octanol–water partition coefficient (Wildman–Crippen LogP) is 1.89. The molecule has 19 heavy (non-hydrogen) atoms. The topological polar surface area (TPSA) is 54.3 Å². The van der Waals surface area contributed by atoms with Gasteiger partial charge >= 0.3 is 0 Å². The Morgan fingerprint density at radius 3 is 2.89 bits per heavy atom. The average molecular weight is 265 g/mol. The zero-order chi connectivity index (χ0) is 14.3. The third kappa shape index (κ3) is 5.34. The number of carbonyl (C=O) groups excluding carboxylic acids is 1. The normalized spacial score (nSPS) is 23.2. The molecule has 1 aliphatic rings. The highest BCUT2D eigenvalue weighted by atomic mass is 16.5. The summed E-state index contributed by atoms with van der Waals surface area (Å²) in [5, 5.41) is 0. The maximum absolute atomic E-state index is 10.5. The van der Waals surface area contributed by atoms with Gasteiger partial charge in [0.15, 0.2) is 12.2 Å². The van der Waals surface area contributed by atoms with Crippen LogP contribution in [0.15, 0.2) is 21.9 Å². The second kappa shape index (κ2) is 7.84. The fourth-order valence-corrected chi connectivity index (χ4v) is 2.02. The molecule has 0 aromatic carbocycles. The highest BCUT2D eigenvalue weighted by Gasteiger charge is 2.23. The van der Waals surface area contributed by atoms with E-state index in [1.807, 2.05) is 0 Å². The van der Waals surface area contributed by atoms with Crippen LogP contribution in [0.1, 0.15) is 27.2 Å². The van der Waals surface area contributed by atoms with Gasteiger partial charge in [-0.3, -0.25) is 14.7 Å². The van der Waals surface area contributed by atoms with Crippen molar-refractivity contribution in [3.63, 3.8) is 0 Å². The molecule has 0 radical (unpaired) electrons. The molecule has 1 saturated heterocycles. The summed E-state index contributed by atoms with van der Waals surface area (Å²) in [5.74, 6) is 1.30. The van der Waals surface area contributed by atoms with E-state index in [4.69, 9.17) is 4.74 Å². The van der Waals surface area contributed by atoms with Crippen molar-refractivity contribution in [1.29, 1.82) is 0 Å². The summed E-state index contributed by atoms with van der Waals surface area (Å²) in [4.78, 5) is 20.5. The van der Waals surface area contributed by atoms with Gasteiger partial charge in [-0.05, 0) is 32.5 Å². The fraction of sp³-hybridized carbons (Fsp3) is 0.643. The number of aldehydes is 1. The van der Waals surface area contributed by atoms with Gasteiger partial charge in [0.1, 0.15) is 12.3 Å². The number of aliphatic imine (C=N–C) groups is 2. The van der Waals surface area contributed by atoms with Crippen molar-refractivity contribution < 1.29 is 9.53 Å². The standard InChI is InChI=1S/C14H23N3O2/c1-11-5-6-17(8-11)12(2)10-19-13(3)16-7-14(9-18)15-4/h7,9,11-12H,4-6,8,10H2,1-3H3/b14-7-,16-13?/t11-,12+/m1/s1. The van der Waals surface area contributed by atoms with Gasteiger partial charge in [-0.15, -0.1) is 0 Å². The summed E-state index contributed by atoms with van der Waals surface area (Å²) in [6.07, 6.45) is 3.23. The summed E-state index contributed by atoms with van der Waals surface area (Å²) in [6.45, 7) is 12.3. The molecule has 1 fully saturated rings. The van der Waals surface area contributed by atoms with Gasteiger partial charge in [-0.25, -0.2) is 4.99 Å². The molecule has 0 spiro atoms. The third-order valence-electron chi connectivity index (χ3n) is 3.29. The van der Waals surface area contributed by atoms with Crippen LogP contribution in [0.5, 0.6) is 0 Å². The Morgan fingerprint density at radius 1 is 1.63 bits per heavy atom. The number of allylic oxidation sites excluding steroid dienone is 1. The molecule has 2 atom stereocenters. The summed E-state index contributed by atoms with van der Waals surface area (Å²) in [5.41, 5.74) is 0.198. The first kappa shape index (κ1) is 15.6. The number of carbonyl (C=O) groups is 1. The molecule has 0 aliphatic carbocycles. The Hall–Kier alpha value is -1.49. The van der Waals surface area contributed by atoms with E-state index >= 15 is 0 Å². The van der Waals surface area contributed by atoms with Crippen LogP contribution in [-0.2, 0) is 9.53 Å². The maximum atomic E-state index is 10.5. The van der Waals surface area contributed by atoms with E-state index in [9.17, 15) is 4.79 Å². The summed E-state index contributed by atoms with van der Waals surface area (Å²) in [6, 6.07) is 0.377. The van der Waals surface area contributed by atoms with E-state index < -0.39 is 0 Å². The summed E-state index contributed by atoms with van der Waals surface area (Å²) in [7, 11) is 0. The van der Waals surface area contributed by atoms with Crippen molar-refractivity contribution in [2.24, 2.45) is 15.9 Å². The van der Waals surface area contributed by atoms with Gasteiger partial charge in [-0.1, -0.05) is 6.92 Å². The minimum atomic E-state index is 0.198. The molecule has 1 rings (SSSR count). The largest absolute Gasteiger partial charge is 0.479 e. The van der Waals surface area contributed by atoms with E-state index in [1.165, 1.54) is 12.6 Å². The Labute approximate surface area is 115 Å². The molecular formula is C14H23N3O2. The van der Waals surface area contributed by atoms with E-state index in [2.05, 4.69) is 35.4 Å². The fourth-order valence-electron chi connectivity index (χ4n) is 2.02. The Kier molecular flexibility index (Phi) is 6.42. The van der Waals surface area contributed by atoms with Crippen LogP contribution in [0.25, 0.3) is 0 Å². The molecule has 0 aromatic rings. The van der Waals surface area contributed by atoms with Crippen LogP contribution in [0.3, 0.4) is 0 Å². The number of hydrogen-bond acceptors (Lipinski definition) is 5. The maximum Gasteiger partial charge on any atom is 0.184 e. The van der Waals surface area contributed by atoms with Gasteiger partial charge in [0.05, 0.1) is 6.20 Å². The van der Waals surface area contributed by atoms with E-state index in [-0.39, 0.29) is 5.70 Å². The lowest BCUT2D eigenvalue weighted by Crippen LogP contribution is -2.34. The van der Waals surface area contributed by atoms with Crippen molar-refractivity contribution in [2.45, 2.75) is 33.2 Å². The molecule has 106 valence electrons. The first-order chi connectivity index (χ1) is 9.06. The molecule has 5 heteroatoms. The van der Waals surface area contributed by atoms with Crippen molar-refractivity contribution >= 4 is 18.9 Å². The first-order valence-corrected chi connectivity index (χ1v) is 6.60. The zero-order valence-electron chi connectivity index (χ0n) is 12.0. The van der Waals surface area contributed by atoms with Gasteiger partial charge in [-0.2, -0.15) is 0 Å². The minimum absolute atomic E-state index is 0.198. The first-order valence-electron chi connectivity index (χ1n) is 6.60. The Morgan fingerprint density at radius 2 is 2.37 bits per heavy atom.